The van der Waals surface area contributed by atoms with Crippen molar-refractivity contribution in [3.63, 3.8) is 0 Å². The highest BCUT2D eigenvalue weighted by Gasteiger charge is 2.75. The van der Waals surface area contributed by atoms with Crippen LogP contribution >= 0.6 is 11.8 Å². The van der Waals surface area contributed by atoms with Crippen LogP contribution in [0.3, 0.4) is 0 Å². The SMILES string of the molecule is CCCNC(=O)[C@@H]1[C@@H]2CC(C)C3(S2)C(C(=O)Nc2ccc4ccccc4c2)N(CCCO)C(=O)[C@H]13. The van der Waals surface area contributed by atoms with Crippen LogP contribution in [0.15, 0.2) is 42.5 Å². The number of likely N-dealkylation sites (tertiary alicyclic amines) is 1. The van der Waals surface area contributed by atoms with Gasteiger partial charge in [0, 0.05) is 30.6 Å². The Labute approximate surface area is 210 Å². The summed E-state index contributed by atoms with van der Waals surface area (Å²) in [5.41, 5.74) is 0.686. The van der Waals surface area contributed by atoms with E-state index in [9.17, 15) is 19.5 Å². The predicted octanol–water partition coefficient (Wildman–Crippen LogP) is 3.02. The third-order valence-electron chi connectivity index (χ3n) is 7.92. The lowest BCUT2D eigenvalue weighted by molar-refractivity contribution is -0.139. The van der Waals surface area contributed by atoms with Crippen molar-refractivity contribution >= 4 is 45.9 Å². The molecule has 3 aliphatic rings. The minimum Gasteiger partial charge on any atom is -0.396 e. The number of fused-ring (bicyclic) bond motifs is 2. The average molecular weight is 496 g/mol. The Kier molecular flexibility index (Phi) is 6.53. The number of nitrogens with zero attached hydrogens (tertiary/aromatic N) is 1. The van der Waals surface area contributed by atoms with Gasteiger partial charge in [0.1, 0.15) is 6.04 Å². The van der Waals surface area contributed by atoms with Crippen molar-refractivity contribution in [1.82, 2.24) is 10.2 Å². The van der Waals surface area contributed by atoms with E-state index >= 15 is 0 Å². The van der Waals surface area contributed by atoms with Gasteiger partial charge in [-0.2, -0.15) is 0 Å². The van der Waals surface area contributed by atoms with Crippen LogP contribution in [0.1, 0.15) is 33.1 Å². The molecule has 3 heterocycles. The van der Waals surface area contributed by atoms with Crippen LogP contribution in [-0.2, 0) is 14.4 Å². The molecular weight excluding hydrogens is 462 g/mol. The molecule has 2 aromatic carbocycles. The molecule has 3 saturated heterocycles. The van der Waals surface area contributed by atoms with Crippen LogP contribution in [0, 0.1) is 17.8 Å². The molecule has 6 atom stereocenters. The highest BCUT2D eigenvalue weighted by Crippen LogP contribution is 2.68. The van der Waals surface area contributed by atoms with E-state index in [0.717, 1.165) is 23.6 Å². The van der Waals surface area contributed by atoms with E-state index in [1.54, 1.807) is 16.7 Å². The quantitative estimate of drug-likeness (QED) is 0.523. The molecule has 2 aromatic rings. The number of carbonyl (C=O) groups is 3. The van der Waals surface area contributed by atoms with Crippen molar-refractivity contribution in [3.05, 3.63) is 42.5 Å². The van der Waals surface area contributed by atoms with Gasteiger partial charge in [-0.05, 0) is 48.1 Å². The first-order chi connectivity index (χ1) is 16.9. The lowest BCUT2D eigenvalue weighted by atomic mass is 9.66. The first-order valence-electron chi connectivity index (χ1n) is 12.6. The van der Waals surface area contributed by atoms with Gasteiger partial charge in [0.05, 0.1) is 16.6 Å². The molecule has 7 nitrogen and oxygen atoms in total. The zero-order chi connectivity index (χ0) is 24.7. The Morgan fingerprint density at radius 2 is 1.94 bits per heavy atom. The van der Waals surface area contributed by atoms with Crippen LogP contribution in [0.4, 0.5) is 5.69 Å². The van der Waals surface area contributed by atoms with Crippen LogP contribution in [0.2, 0.25) is 0 Å². The fourth-order valence-electron chi connectivity index (χ4n) is 6.44. The summed E-state index contributed by atoms with van der Waals surface area (Å²) < 4.78 is -0.646. The van der Waals surface area contributed by atoms with Crippen molar-refractivity contribution in [3.8, 4) is 0 Å². The molecule has 3 fully saturated rings. The minimum atomic E-state index is -0.688. The molecule has 5 rings (SSSR count). The number of aliphatic hydroxyl groups is 1. The smallest absolute Gasteiger partial charge is 0.248 e. The Morgan fingerprint density at radius 1 is 1.17 bits per heavy atom. The summed E-state index contributed by atoms with van der Waals surface area (Å²) in [6.45, 7) is 4.93. The van der Waals surface area contributed by atoms with E-state index in [4.69, 9.17) is 0 Å². The van der Waals surface area contributed by atoms with Crippen molar-refractivity contribution in [2.24, 2.45) is 17.8 Å². The standard InChI is InChI=1S/C27H33N3O4S/c1-3-11-28-24(32)21-20-14-16(2)27(35-20)22(21)26(34)30(12-6-13-31)23(27)25(33)29-19-10-9-17-7-4-5-8-18(17)15-19/h4-5,7-10,15-16,20-23,31H,3,6,11-14H2,1-2H3,(H,28,32)(H,29,33)/t16?,20-,21+,22-,23?,27?/m0/s1. The third-order valence-corrected chi connectivity index (χ3v) is 10.00. The topological polar surface area (TPSA) is 98.7 Å². The number of amides is 3. The summed E-state index contributed by atoms with van der Waals surface area (Å²) in [4.78, 5) is 42.5. The Morgan fingerprint density at radius 3 is 2.69 bits per heavy atom. The van der Waals surface area contributed by atoms with Crippen LogP contribution in [0.25, 0.3) is 10.8 Å². The number of carbonyl (C=O) groups excluding carboxylic acids is 3. The fraction of sp³-hybridized carbons (Fsp3) is 0.519. The second-order valence-electron chi connectivity index (χ2n) is 10.0. The number of aliphatic hydroxyl groups excluding tert-OH is 1. The largest absolute Gasteiger partial charge is 0.396 e. The van der Waals surface area contributed by atoms with Gasteiger partial charge in [-0.15, -0.1) is 11.8 Å². The van der Waals surface area contributed by atoms with E-state index in [1.165, 1.54) is 0 Å². The van der Waals surface area contributed by atoms with Gasteiger partial charge in [0.25, 0.3) is 0 Å². The summed E-state index contributed by atoms with van der Waals surface area (Å²) in [5, 5.41) is 17.7. The van der Waals surface area contributed by atoms with Crippen molar-refractivity contribution in [1.29, 1.82) is 0 Å². The normalized spacial score (nSPS) is 31.1. The fourth-order valence-corrected chi connectivity index (χ4v) is 8.87. The van der Waals surface area contributed by atoms with Gasteiger partial charge in [0.15, 0.2) is 0 Å². The lowest BCUT2D eigenvalue weighted by Gasteiger charge is -2.38. The molecule has 0 saturated carbocycles. The van der Waals surface area contributed by atoms with Crippen LogP contribution < -0.4 is 10.6 Å². The number of nitrogens with one attached hydrogen (secondary N) is 2. The maximum atomic E-state index is 13.9. The van der Waals surface area contributed by atoms with E-state index in [0.29, 0.717) is 25.2 Å². The second kappa shape index (κ2) is 9.47. The van der Waals surface area contributed by atoms with E-state index < -0.39 is 22.6 Å². The molecule has 3 unspecified atom stereocenters. The maximum Gasteiger partial charge on any atom is 0.248 e. The van der Waals surface area contributed by atoms with Crippen LogP contribution in [-0.4, -0.2) is 63.5 Å². The molecule has 0 aliphatic carbocycles. The summed E-state index contributed by atoms with van der Waals surface area (Å²) in [7, 11) is 0. The molecule has 186 valence electrons. The lowest BCUT2D eigenvalue weighted by Crippen LogP contribution is -2.55. The summed E-state index contributed by atoms with van der Waals surface area (Å²) in [6.07, 6.45) is 2.03. The number of anilines is 1. The minimum absolute atomic E-state index is 0.0340. The van der Waals surface area contributed by atoms with E-state index in [1.807, 2.05) is 49.4 Å². The molecule has 3 amide bonds. The highest BCUT2D eigenvalue weighted by molar-refractivity contribution is 8.02. The number of rotatable bonds is 8. The van der Waals surface area contributed by atoms with Gasteiger partial charge in [-0.25, -0.2) is 0 Å². The van der Waals surface area contributed by atoms with Gasteiger partial charge < -0.3 is 20.6 Å². The molecule has 8 heteroatoms. The molecule has 0 radical (unpaired) electrons. The van der Waals surface area contributed by atoms with Crippen molar-refractivity contribution < 1.29 is 19.5 Å². The summed E-state index contributed by atoms with van der Waals surface area (Å²) >= 11 is 1.67. The van der Waals surface area contributed by atoms with Crippen molar-refractivity contribution in [2.75, 3.05) is 25.0 Å². The zero-order valence-electron chi connectivity index (χ0n) is 20.2. The van der Waals surface area contributed by atoms with E-state index in [2.05, 4.69) is 17.6 Å². The van der Waals surface area contributed by atoms with Gasteiger partial charge in [-0.3, -0.25) is 14.4 Å². The van der Waals surface area contributed by atoms with Gasteiger partial charge >= 0.3 is 0 Å². The Hall–Kier alpha value is -2.58. The molecule has 3 N–H and O–H groups in total. The highest BCUT2D eigenvalue weighted by atomic mass is 32.2. The van der Waals surface area contributed by atoms with Gasteiger partial charge in [0.2, 0.25) is 17.7 Å². The number of hydrogen-bond donors (Lipinski definition) is 3. The summed E-state index contributed by atoms with van der Waals surface area (Å²) in [5.74, 6) is -1.25. The van der Waals surface area contributed by atoms with Gasteiger partial charge in [-0.1, -0.05) is 44.2 Å². The number of thioether (sulfide) groups is 1. The first kappa shape index (κ1) is 24.1. The zero-order valence-corrected chi connectivity index (χ0v) is 21.0. The average Bonchev–Trinajstić information content (AvgIpc) is 3.44. The second-order valence-corrected chi connectivity index (χ2v) is 11.6. The molecule has 35 heavy (non-hydrogen) atoms. The maximum absolute atomic E-state index is 13.9. The van der Waals surface area contributed by atoms with Crippen LogP contribution in [0.5, 0.6) is 0 Å². The molecular formula is C27H33N3O4S. The van der Waals surface area contributed by atoms with E-state index in [-0.39, 0.29) is 35.5 Å². The monoisotopic (exact) mass is 495 g/mol. The molecule has 3 aliphatic heterocycles. The molecule has 1 spiro atoms. The Balaban J connectivity index is 1.49. The predicted molar refractivity (Wildman–Crippen MR) is 138 cm³/mol. The first-order valence-corrected chi connectivity index (χ1v) is 13.5. The Bertz CT molecular complexity index is 1160. The molecule has 0 aromatic heterocycles. The summed E-state index contributed by atoms with van der Waals surface area (Å²) in [6, 6.07) is 13.1. The number of hydrogen-bond acceptors (Lipinski definition) is 5. The molecule has 2 bridgehead atoms. The van der Waals surface area contributed by atoms with Crippen molar-refractivity contribution in [2.45, 2.75) is 49.1 Å². The number of benzene rings is 2. The third kappa shape index (κ3) is 3.82.